The predicted octanol–water partition coefficient (Wildman–Crippen LogP) is 2.71. The molecule has 4 saturated carbocycles. The van der Waals surface area contributed by atoms with Crippen molar-refractivity contribution in [3.8, 4) is 0 Å². The topological polar surface area (TPSA) is 75.6 Å². The van der Waals surface area contributed by atoms with Gasteiger partial charge in [-0.2, -0.15) is 0 Å². The highest BCUT2D eigenvalue weighted by Crippen LogP contribution is 2.62. The Labute approximate surface area is 158 Å². The third-order valence-corrected chi connectivity index (χ3v) is 6.47. The molecule has 0 heterocycles. The van der Waals surface area contributed by atoms with Crippen molar-refractivity contribution in [2.24, 2.45) is 17.3 Å². The van der Waals surface area contributed by atoms with Gasteiger partial charge in [-0.1, -0.05) is 18.2 Å². The van der Waals surface area contributed by atoms with Gasteiger partial charge in [0.05, 0.1) is 12.0 Å². The van der Waals surface area contributed by atoms with E-state index in [9.17, 15) is 19.1 Å². The van der Waals surface area contributed by atoms with E-state index in [2.05, 4.69) is 5.32 Å². The maximum atomic E-state index is 13.5. The van der Waals surface area contributed by atoms with E-state index in [1.807, 2.05) is 0 Å². The average molecular weight is 375 g/mol. The zero-order chi connectivity index (χ0) is 19.1. The van der Waals surface area contributed by atoms with Crippen molar-refractivity contribution < 1.29 is 23.8 Å². The third-order valence-electron chi connectivity index (χ3n) is 6.47. The number of halogens is 1. The molecule has 1 aromatic rings. The smallest absolute Gasteiger partial charge is 0.306 e. The predicted molar refractivity (Wildman–Crippen MR) is 95.9 cm³/mol. The van der Waals surface area contributed by atoms with E-state index in [1.54, 1.807) is 18.2 Å². The molecule has 0 radical (unpaired) electrons. The maximum absolute atomic E-state index is 13.5. The van der Waals surface area contributed by atoms with Crippen molar-refractivity contribution in [3.05, 3.63) is 35.6 Å². The standard InChI is InChI=1S/C21H26FNO4/c22-17-4-2-1-3-16(17)11-23-18(24)12-27-19(25)10-20-6-14-5-15(7-20)9-21(26,8-14)13-20/h1-4,14-15,26H,5-13H2,(H,23,24)/t14-,15+,20?,21?. The number of nitrogens with one attached hydrogen (secondary N) is 1. The summed E-state index contributed by atoms with van der Waals surface area (Å²) >= 11 is 0. The molecular formula is C21H26FNO4. The van der Waals surface area contributed by atoms with E-state index in [0.29, 0.717) is 23.8 Å². The van der Waals surface area contributed by atoms with Gasteiger partial charge >= 0.3 is 5.97 Å². The number of hydrogen-bond donors (Lipinski definition) is 2. The highest BCUT2D eigenvalue weighted by molar-refractivity contribution is 5.80. The van der Waals surface area contributed by atoms with Crippen molar-refractivity contribution >= 4 is 11.9 Å². The molecule has 1 amide bonds. The molecule has 6 heteroatoms. The maximum Gasteiger partial charge on any atom is 0.306 e. The quantitative estimate of drug-likeness (QED) is 0.750. The van der Waals surface area contributed by atoms with Gasteiger partial charge in [0, 0.05) is 12.1 Å². The zero-order valence-electron chi connectivity index (χ0n) is 15.4. The van der Waals surface area contributed by atoms with Gasteiger partial charge in [-0.15, -0.1) is 0 Å². The van der Waals surface area contributed by atoms with Crippen LogP contribution in [0.2, 0.25) is 0 Å². The Kier molecular flexibility index (Phi) is 4.70. The molecular weight excluding hydrogens is 349 g/mol. The van der Waals surface area contributed by atoms with E-state index < -0.39 is 11.5 Å². The minimum atomic E-state index is -0.610. The van der Waals surface area contributed by atoms with Crippen LogP contribution in [0.15, 0.2) is 24.3 Å². The molecule has 27 heavy (non-hydrogen) atoms. The van der Waals surface area contributed by atoms with E-state index in [4.69, 9.17) is 4.74 Å². The van der Waals surface area contributed by atoms with Gasteiger partial charge in [-0.25, -0.2) is 4.39 Å². The Morgan fingerprint density at radius 2 is 1.89 bits per heavy atom. The van der Waals surface area contributed by atoms with Crippen LogP contribution in [0.1, 0.15) is 50.5 Å². The van der Waals surface area contributed by atoms with Crippen molar-refractivity contribution in [1.82, 2.24) is 5.32 Å². The Balaban J connectivity index is 1.25. The number of aliphatic hydroxyl groups is 1. The number of esters is 1. The minimum absolute atomic E-state index is 0.0589. The summed E-state index contributed by atoms with van der Waals surface area (Å²) in [6.45, 7) is -0.302. The molecule has 0 aliphatic heterocycles. The second-order valence-corrected chi connectivity index (χ2v) is 8.89. The Hall–Kier alpha value is -1.95. The van der Waals surface area contributed by atoms with Crippen LogP contribution in [-0.4, -0.2) is 29.2 Å². The first kappa shape index (κ1) is 18.4. The highest BCUT2D eigenvalue weighted by atomic mass is 19.1. The number of ether oxygens (including phenoxy) is 1. The lowest BCUT2D eigenvalue weighted by molar-refractivity contribution is -0.177. The first-order chi connectivity index (χ1) is 12.8. The molecule has 146 valence electrons. The summed E-state index contributed by atoms with van der Waals surface area (Å²) in [6, 6.07) is 6.22. The van der Waals surface area contributed by atoms with Crippen molar-refractivity contribution in [1.29, 1.82) is 0 Å². The van der Waals surface area contributed by atoms with Crippen molar-refractivity contribution in [3.63, 3.8) is 0 Å². The summed E-state index contributed by atoms with van der Waals surface area (Å²) in [6.07, 6.45) is 5.76. The van der Waals surface area contributed by atoms with Crippen molar-refractivity contribution in [2.75, 3.05) is 6.61 Å². The first-order valence-electron chi connectivity index (χ1n) is 9.73. The van der Waals surface area contributed by atoms with Gasteiger partial charge in [0.1, 0.15) is 5.82 Å². The average Bonchev–Trinajstić information content (AvgIpc) is 2.56. The van der Waals surface area contributed by atoms with Crippen molar-refractivity contribution in [2.45, 2.75) is 57.1 Å². The minimum Gasteiger partial charge on any atom is -0.456 e. The SMILES string of the molecule is O=C(COC(=O)CC12C[C@@H]3C[C@@H](CC(O)(C3)C1)C2)NCc1ccccc1F. The molecule has 0 saturated heterocycles. The van der Waals surface area contributed by atoms with E-state index in [-0.39, 0.29) is 36.8 Å². The van der Waals surface area contributed by atoms with Gasteiger partial charge in [-0.3, -0.25) is 9.59 Å². The molecule has 4 aliphatic carbocycles. The van der Waals surface area contributed by atoms with E-state index in [1.165, 1.54) is 6.07 Å². The molecule has 1 aromatic carbocycles. The molecule has 4 bridgehead atoms. The Morgan fingerprint density at radius 1 is 1.19 bits per heavy atom. The summed E-state index contributed by atoms with van der Waals surface area (Å²) in [5.74, 6) is -0.201. The molecule has 4 atom stereocenters. The second-order valence-electron chi connectivity index (χ2n) is 8.89. The van der Waals surface area contributed by atoms with Crippen LogP contribution in [0.3, 0.4) is 0 Å². The molecule has 5 rings (SSSR count). The summed E-state index contributed by atoms with van der Waals surface area (Å²) in [5, 5.41) is 13.3. The summed E-state index contributed by atoms with van der Waals surface area (Å²) < 4.78 is 18.7. The Morgan fingerprint density at radius 3 is 2.56 bits per heavy atom. The molecule has 5 nitrogen and oxygen atoms in total. The van der Waals surface area contributed by atoms with Crippen LogP contribution in [0.4, 0.5) is 4.39 Å². The lowest BCUT2D eigenvalue weighted by Gasteiger charge is -2.60. The number of carbonyl (C=O) groups excluding carboxylic acids is 2. The first-order valence-corrected chi connectivity index (χ1v) is 9.73. The van der Waals surface area contributed by atoms with Crippen LogP contribution in [0, 0.1) is 23.1 Å². The van der Waals surface area contributed by atoms with Gasteiger partial charge in [0.15, 0.2) is 6.61 Å². The van der Waals surface area contributed by atoms with E-state index >= 15 is 0 Å². The largest absolute Gasteiger partial charge is 0.456 e. The van der Waals surface area contributed by atoms with Gasteiger partial charge in [0.25, 0.3) is 5.91 Å². The number of carbonyl (C=O) groups is 2. The molecule has 4 fully saturated rings. The summed E-state index contributed by atoms with van der Waals surface area (Å²) in [4.78, 5) is 24.2. The molecule has 0 aromatic heterocycles. The molecule has 0 spiro atoms. The molecule has 2 N–H and O–H groups in total. The van der Waals surface area contributed by atoms with Crippen LogP contribution < -0.4 is 5.32 Å². The van der Waals surface area contributed by atoms with Crippen LogP contribution >= 0.6 is 0 Å². The van der Waals surface area contributed by atoms with Gasteiger partial charge < -0.3 is 15.2 Å². The summed E-state index contributed by atoms with van der Waals surface area (Å²) in [5.41, 5.74) is -0.389. The zero-order valence-corrected chi connectivity index (χ0v) is 15.4. The monoisotopic (exact) mass is 375 g/mol. The van der Waals surface area contributed by atoms with E-state index in [0.717, 1.165) is 32.1 Å². The van der Waals surface area contributed by atoms with Gasteiger partial charge in [0.2, 0.25) is 0 Å². The number of hydrogen-bond acceptors (Lipinski definition) is 4. The Bertz CT molecular complexity index is 735. The fourth-order valence-electron chi connectivity index (χ4n) is 6.00. The normalized spacial score (nSPS) is 33.7. The molecule has 4 aliphatic rings. The second kappa shape index (κ2) is 6.89. The lowest BCUT2D eigenvalue weighted by atomic mass is 9.47. The summed E-state index contributed by atoms with van der Waals surface area (Å²) in [7, 11) is 0. The lowest BCUT2D eigenvalue weighted by Crippen LogP contribution is -2.56. The number of benzene rings is 1. The number of rotatable bonds is 6. The third kappa shape index (κ3) is 4.00. The van der Waals surface area contributed by atoms with Crippen LogP contribution in [0.25, 0.3) is 0 Å². The van der Waals surface area contributed by atoms with Crippen LogP contribution in [0.5, 0.6) is 0 Å². The fraction of sp³-hybridized carbons (Fsp3) is 0.619. The highest BCUT2D eigenvalue weighted by Gasteiger charge is 2.57. The number of amides is 1. The van der Waals surface area contributed by atoms with Gasteiger partial charge in [-0.05, 0) is 61.8 Å². The molecule has 2 unspecified atom stereocenters. The van der Waals surface area contributed by atoms with Crippen LogP contribution in [-0.2, 0) is 20.9 Å². The fourth-order valence-corrected chi connectivity index (χ4v) is 6.00.